The van der Waals surface area contributed by atoms with E-state index in [1.54, 1.807) is 13.0 Å². The molecule has 1 atom stereocenters. The lowest BCUT2D eigenvalue weighted by atomic mass is 10.1. The molecule has 1 N–H and O–H groups in total. The van der Waals surface area contributed by atoms with E-state index in [4.69, 9.17) is 11.6 Å². The summed E-state index contributed by atoms with van der Waals surface area (Å²) in [5.74, 6) is 0.856. The van der Waals surface area contributed by atoms with Crippen molar-refractivity contribution in [3.63, 3.8) is 0 Å². The predicted octanol–water partition coefficient (Wildman–Crippen LogP) is 2.98. The highest BCUT2D eigenvalue weighted by Crippen LogP contribution is 2.33. The van der Waals surface area contributed by atoms with Gasteiger partial charge in [0.2, 0.25) is 0 Å². The zero-order valence-corrected chi connectivity index (χ0v) is 12.0. The Kier molecular flexibility index (Phi) is 3.94. The summed E-state index contributed by atoms with van der Waals surface area (Å²) in [6.07, 6.45) is -0.515. The predicted molar refractivity (Wildman–Crippen MR) is 71.9 cm³/mol. The van der Waals surface area contributed by atoms with Crippen molar-refractivity contribution in [2.45, 2.75) is 30.0 Å². The molecule has 0 aliphatic heterocycles. The van der Waals surface area contributed by atoms with Crippen molar-refractivity contribution in [1.29, 1.82) is 0 Å². The standard InChI is InChI=1S/C12H14ClN3OS/c1-7(17)9-4-5-11(10(13)6-9)18-12-15-14-8(2)16(12)3/h4-7,17H,1-3H3. The van der Waals surface area contributed by atoms with Gasteiger partial charge in [0.15, 0.2) is 5.16 Å². The number of aryl methyl sites for hydroxylation is 1. The van der Waals surface area contributed by atoms with Crippen LogP contribution in [0.1, 0.15) is 24.4 Å². The SMILES string of the molecule is Cc1nnc(Sc2ccc(C(C)O)cc2Cl)n1C. The van der Waals surface area contributed by atoms with Gasteiger partial charge in [-0.15, -0.1) is 10.2 Å². The zero-order valence-electron chi connectivity index (χ0n) is 10.4. The van der Waals surface area contributed by atoms with Crippen LogP contribution in [0.2, 0.25) is 5.02 Å². The lowest BCUT2D eigenvalue weighted by Crippen LogP contribution is -1.94. The van der Waals surface area contributed by atoms with Gasteiger partial charge < -0.3 is 9.67 Å². The molecule has 1 aromatic carbocycles. The summed E-state index contributed by atoms with van der Waals surface area (Å²) in [5.41, 5.74) is 0.804. The fourth-order valence-electron chi connectivity index (χ4n) is 1.43. The Labute approximate surface area is 115 Å². The molecule has 2 aromatic rings. The average molecular weight is 284 g/mol. The maximum atomic E-state index is 9.48. The fraction of sp³-hybridized carbons (Fsp3) is 0.333. The molecule has 2 rings (SSSR count). The highest BCUT2D eigenvalue weighted by Gasteiger charge is 2.11. The first-order chi connectivity index (χ1) is 8.49. The van der Waals surface area contributed by atoms with Gasteiger partial charge in [0.05, 0.1) is 11.1 Å². The van der Waals surface area contributed by atoms with Gasteiger partial charge in [0.25, 0.3) is 0 Å². The number of hydrogen-bond acceptors (Lipinski definition) is 4. The molecule has 0 aliphatic carbocycles. The number of hydrogen-bond donors (Lipinski definition) is 1. The molecule has 0 bridgehead atoms. The Bertz CT molecular complexity index is 568. The summed E-state index contributed by atoms with van der Waals surface area (Å²) in [7, 11) is 1.91. The fourth-order valence-corrected chi connectivity index (χ4v) is 2.58. The molecule has 0 aliphatic rings. The second-order valence-electron chi connectivity index (χ2n) is 4.06. The molecule has 18 heavy (non-hydrogen) atoms. The van der Waals surface area contributed by atoms with E-state index in [0.717, 1.165) is 21.4 Å². The number of halogens is 1. The summed E-state index contributed by atoms with van der Waals surface area (Å²) in [5, 5.41) is 19.0. The van der Waals surface area contributed by atoms with Crippen LogP contribution in [0.3, 0.4) is 0 Å². The minimum absolute atomic E-state index is 0.515. The van der Waals surface area contributed by atoms with Crippen LogP contribution in [0.4, 0.5) is 0 Å². The molecule has 96 valence electrons. The summed E-state index contributed by atoms with van der Waals surface area (Å²) >= 11 is 7.65. The second kappa shape index (κ2) is 5.30. The number of aliphatic hydroxyl groups is 1. The topological polar surface area (TPSA) is 50.9 Å². The van der Waals surface area contributed by atoms with Crippen molar-refractivity contribution < 1.29 is 5.11 Å². The van der Waals surface area contributed by atoms with E-state index in [1.165, 1.54) is 11.8 Å². The van der Waals surface area contributed by atoms with E-state index in [2.05, 4.69) is 10.2 Å². The van der Waals surface area contributed by atoms with E-state index in [-0.39, 0.29) is 0 Å². The van der Waals surface area contributed by atoms with Crippen molar-refractivity contribution in [2.75, 3.05) is 0 Å². The number of nitrogens with zero attached hydrogens (tertiary/aromatic N) is 3. The number of benzene rings is 1. The molecule has 1 heterocycles. The molecule has 0 saturated heterocycles. The van der Waals surface area contributed by atoms with Gasteiger partial charge in [-0.1, -0.05) is 17.7 Å². The van der Waals surface area contributed by atoms with Gasteiger partial charge in [-0.25, -0.2) is 0 Å². The molecule has 0 saturated carbocycles. The number of aromatic nitrogens is 3. The lowest BCUT2D eigenvalue weighted by molar-refractivity contribution is 0.199. The minimum atomic E-state index is -0.515. The molecule has 1 unspecified atom stereocenters. The molecule has 6 heteroatoms. The van der Waals surface area contributed by atoms with E-state index in [0.29, 0.717) is 5.02 Å². The van der Waals surface area contributed by atoms with Crippen LogP contribution in [0.5, 0.6) is 0 Å². The van der Waals surface area contributed by atoms with Crippen LogP contribution < -0.4 is 0 Å². The third kappa shape index (κ3) is 2.68. The first kappa shape index (κ1) is 13.4. The van der Waals surface area contributed by atoms with Gasteiger partial charge in [-0.05, 0) is 43.3 Å². The summed E-state index contributed by atoms with van der Waals surface area (Å²) in [6.45, 7) is 3.61. The van der Waals surface area contributed by atoms with Crippen LogP contribution in [0, 0.1) is 6.92 Å². The van der Waals surface area contributed by atoms with E-state index < -0.39 is 6.10 Å². The van der Waals surface area contributed by atoms with Gasteiger partial charge in [-0.3, -0.25) is 0 Å². The van der Waals surface area contributed by atoms with Crippen molar-refractivity contribution >= 4 is 23.4 Å². The molecule has 1 aromatic heterocycles. The van der Waals surface area contributed by atoms with E-state index in [1.807, 2.05) is 30.7 Å². The van der Waals surface area contributed by atoms with Crippen LogP contribution in [-0.4, -0.2) is 19.9 Å². The smallest absolute Gasteiger partial charge is 0.195 e. The molecule has 0 radical (unpaired) electrons. The summed E-state index contributed by atoms with van der Waals surface area (Å²) < 4.78 is 1.91. The van der Waals surface area contributed by atoms with Crippen LogP contribution in [0.25, 0.3) is 0 Å². The molecular formula is C12H14ClN3OS. The van der Waals surface area contributed by atoms with Crippen LogP contribution in [-0.2, 0) is 7.05 Å². The van der Waals surface area contributed by atoms with Gasteiger partial charge in [-0.2, -0.15) is 0 Å². The van der Waals surface area contributed by atoms with Crippen molar-refractivity contribution in [3.05, 3.63) is 34.6 Å². The molecule has 0 fully saturated rings. The minimum Gasteiger partial charge on any atom is -0.389 e. The number of aliphatic hydroxyl groups excluding tert-OH is 1. The van der Waals surface area contributed by atoms with E-state index in [9.17, 15) is 5.11 Å². The number of rotatable bonds is 3. The lowest BCUT2D eigenvalue weighted by Gasteiger charge is -2.08. The van der Waals surface area contributed by atoms with Gasteiger partial charge >= 0.3 is 0 Å². The molecular weight excluding hydrogens is 270 g/mol. The Morgan fingerprint density at radius 1 is 1.39 bits per heavy atom. The molecule has 4 nitrogen and oxygen atoms in total. The highest BCUT2D eigenvalue weighted by atomic mass is 35.5. The van der Waals surface area contributed by atoms with Crippen molar-refractivity contribution in [1.82, 2.24) is 14.8 Å². The average Bonchev–Trinajstić information content (AvgIpc) is 2.63. The maximum absolute atomic E-state index is 9.48. The Morgan fingerprint density at radius 3 is 2.61 bits per heavy atom. The zero-order chi connectivity index (χ0) is 13.3. The third-order valence-electron chi connectivity index (χ3n) is 2.69. The highest BCUT2D eigenvalue weighted by molar-refractivity contribution is 7.99. The maximum Gasteiger partial charge on any atom is 0.195 e. The summed E-state index contributed by atoms with van der Waals surface area (Å²) in [4.78, 5) is 0.900. The van der Waals surface area contributed by atoms with Gasteiger partial charge in [0.1, 0.15) is 5.82 Å². The quantitative estimate of drug-likeness (QED) is 0.941. The van der Waals surface area contributed by atoms with Gasteiger partial charge in [0, 0.05) is 11.9 Å². The summed E-state index contributed by atoms with van der Waals surface area (Å²) in [6, 6.07) is 5.53. The first-order valence-electron chi connectivity index (χ1n) is 5.50. The largest absolute Gasteiger partial charge is 0.389 e. The van der Waals surface area contributed by atoms with Crippen LogP contribution in [0.15, 0.2) is 28.3 Å². The van der Waals surface area contributed by atoms with Crippen LogP contribution >= 0.6 is 23.4 Å². The molecule has 0 amide bonds. The van der Waals surface area contributed by atoms with Crippen molar-refractivity contribution in [2.24, 2.45) is 7.05 Å². The monoisotopic (exact) mass is 283 g/mol. The second-order valence-corrected chi connectivity index (χ2v) is 5.47. The normalized spacial score (nSPS) is 12.7. The van der Waals surface area contributed by atoms with E-state index >= 15 is 0 Å². The third-order valence-corrected chi connectivity index (χ3v) is 4.23. The van der Waals surface area contributed by atoms with Crippen molar-refractivity contribution in [3.8, 4) is 0 Å². The Balaban J connectivity index is 2.27. The molecule has 0 spiro atoms. The first-order valence-corrected chi connectivity index (χ1v) is 6.70. The Morgan fingerprint density at radius 2 is 2.11 bits per heavy atom. The Hall–Kier alpha value is -1.04.